The molecule has 0 spiro atoms. The van der Waals surface area contributed by atoms with Crippen molar-refractivity contribution >= 4 is 17.5 Å². The molecule has 21 heavy (non-hydrogen) atoms. The molecule has 4 heteroatoms. The number of anilines is 3. The van der Waals surface area contributed by atoms with Gasteiger partial charge in [-0.25, -0.2) is 4.98 Å². The predicted octanol–water partition coefficient (Wildman–Crippen LogP) is 4.01. The molecular weight excluding hydrogens is 260 g/mol. The van der Waals surface area contributed by atoms with Gasteiger partial charge in [-0.15, -0.1) is 0 Å². The van der Waals surface area contributed by atoms with E-state index < -0.39 is 0 Å². The Morgan fingerprint density at radius 3 is 2.71 bits per heavy atom. The van der Waals surface area contributed by atoms with Gasteiger partial charge < -0.3 is 10.2 Å². The lowest BCUT2D eigenvalue weighted by Crippen LogP contribution is -2.19. The fraction of sp³-hybridized carbons (Fsp3) is 0.412. The van der Waals surface area contributed by atoms with Crippen molar-refractivity contribution in [3.63, 3.8) is 0 Å². The summed E-state index contributed by atoms with van der Waals surface area (Å²) < 4.78 is 0. The molecule has 1 aromatic heterocycles. The van der Waals surface area contributed by atoms with Gasteiger partial charge in [0.25, 0.3) is 0 Å². The molecule has 0 aliphatic carbocycles. The Morgan fingerprint density at radius 1 is 1.24 bits per heavy atom. The number of aromatic nitrogens is 2. The highest BCUT2D eigenvalue weighted by Crippen LogP contribution is 2.24. The molecule has 0 radical (unpaired) electrons. The first-order valence-corrected chi connectivity index (χ1v) is 7.51. The fourth-order valence-corrected chi connectivity index (χ4v) is 2.15. The first-order chi connectivity index (χ1) is 10.1. The molecule has 2 aromatic rings. The molecule has 2 rings (SSSR count). The second-order valence-electron chi connectivity index (χ2n) is 5.60. The summed E-state index contributed by atoms with van der Waals surface area (Å²) in [6.45, 7) is 10.3. The maximum atomic E-state index is 4.63. The molecule has 1 heterocycles. The lowest BCUT2D eigenvalue weighted by Gasteiger charge is -2.23. The van der Waals surface area contributed by atoms with E-state index in [1.807, 2.05) is 12.3 Å². The van der Waals surface area contributed by atoms with Crippen molar-refractivity contribution in [3.8, 4) is 0 Å². The molecule has 0 aliphatic rings. The Kier molecular flexibility index (Phi) is 5.14. The molecule has 0 saturated heterocycles. The van der Waals surface area contributed by atoms with Gasteiger partial charge in [-0.3, -0.25) is 0 Å². The maximum Gasteiger partial charge on any atom is 0.224 e. The molecule has 0 aliphatic heterocycles. The van der Waals surface area contributed by atoms with Crippen LogP contribution in [-0.2, 0) is 0 Å². The van der Waals surface area contributed by atoms with Crippen LogP contribution in [0.4, 0.5) is 17.5 Å². The summed E-state index contributed by atoms with van der Waals surface area (Å²) in [7, 11) is 0. The smallest absolute Gasteiger partial charge is 0.224 e. The van der Waals surface area contributed by atoms with Gasteiger partial charge in [0.05, 0.1) is 0 Å². The van der Waals surface area contributed by atoms with Crippen LogP contribution in [0.2, 0.25) is 0 Å². The number of aryl methyl sites for hydroxylation is 1. The highest BCUT2D eigenvalue weighted by atomic mass is 15.2. The van der Waals surface area contributed by atoms with Crippen molar-refractivity contribution in [2.24, 2.45) is 5.92 Å². The fourth-order valence-electron chi connectivity index (χ4n) is 2.15. The molecular formula is C17H24N4. The van der Waals surface area contributed by atoms with Crippen LogP contribution in [0.5, 0.6) is 0 Å². The molecule has 1 N–H and O–H groups in total. The van der Waals surface area contributed by atoms with Crippen molar-refractivity contribution < 1.29 is 0 Å². The van der Waals surface area contributed by atoms with E-state index in [-0.39, 0.29) is 0 Å². The molecule has 0 unspecified atom stereocenters. The quantitative estimate of drug-likeness (QED) is 0.870. The lowest BCUT2D eigenvalue weighted by atomic mass is 10.2. The second kappa shape index (κ2) is 7.07. The minimum atomic E-state index is 0.566. The van der Waals surface area contributed by atoms with Crippen LogP contribution in [0.1, 0.15) is 26.3 Å². The molecule has 112 valence electrons. The molecule has 0 fully saturated rings. The van der Waals surface area contributed by atoms with Gasteiger partial charge in [0.15, 0.2) is 0 Å². The second-order valence-corrected chi connectivity index (χ2v) is 5.60. The van der Waals surface area contributed by atoms with Gasteiger partial charge in [0, 0.05) is 25.0 Å². The van der Waals surface area contributed by atoms with E-state index in [0.717, 1.165) is 24.6 Å². The normalized spacial score (nSPS) is 10.7. The maximum absolute atomic E-state index is 4.63. The van der Waals surface area contributed by atoms with Gasteiger partial charge in [-0.1, -0.05) is 26.0 Å². The number of nitrogens with one attached hydrogen (secondary N) is 1. The van der Waals surface area contributed by atoms with Crippen LogP contribution in [0.25, 0.3) is 0 Å². The van der Waals surface area contributed by atoms with E-state index in [2.05, 4.69) is 72.1 Å². The van der Waals surface area contributed by atoms with Crippen LogP contribution < -0.4 is 10.2 Å². The highest BCUT2D eigenvalue weighted by molar-refractivity contribution is 5.61. The minimum absolute atomic E-state index is 0.566. The summed E-state index contributed by atoms with van der Waals surface area (Å²) in [5.41, 5.74) is 2.41. The van der Waals surface area contributed by atoms with E-state index in [4.69, 9.17) is 0 Å². The van der Waals surface area contributed by atoms with E-state index >= 15 is 0 Å². The van der Waals surface area contributed by atoms with Gasteiger partial charge in [-0.2, -0.15) is 4.98 Å². The number of hydrogen-bond donors (Lipinski definition) is 1. The average molecular weight is 284 g/mol. The first-order valence-electron chi connectivity index (χ1n) is 7.51. The summed E-state index contributed by atoms with van der Waals surface area (Å²) >= 11 is 0. The van der Waals surface area contributed by atoms with Gasteiger partial charge in [0.2, 0.25) is 5.95 Å². The number of benzene rings is 1. The molecule has 0 atom stereocenters. The van der Waals surface area contributed by atoms with Crippen LogP contribution >= 0.6 is 0 Å². The summed E-state index contributed by atoms with van der Waals surface area (Å²) in [4.78, 5) is 11.1. The summed E-state index contributed by atoms with van der Waals surface area (Å²) in [5, 5.41) is 3.28. The predicted molar refractivity (Wildman–Crippen MR) is 89.2 cm³/mol. The van der Waals surface area contributed by atoms with E-state index in [9.17, 15) is 0 Å². The van der Waals surface area contributed by atoms with Gasteiger partial charge in [-0.05, 0) is 43.5 Å². The van der Waals surface area contributed by atoms with Crippen LogP contribution in [0, 0.1) is 12.8 Å². The summed E-state index contributed by atoms with van der Waals surface area (Å²) in [6.07, 6.45) is 1.81. The van der Waals surface area contributed by atoms with Crippen LogP contribution in [-0.4, -0.2) is 23.1 Å². The monoisotopic (exact) mass is 284 g/mol. The Bertz CT molecular complexity index is 581. The Balaban J connectivity index is 2.24. The van der Waals surface area contributed by atoms with E-state index in [1.165, 1.54) is 5.56 Å². The van der Waals surface area contributed by atoms with Crippen molar-refractivity contribution in [2.75, 3.05) is 23.3 Å². The molecule has 0 bridgehead atoms. The minimum Gasteiger partial charge on any atom is -0.354 e. The zero-order valence-electron chi connectivity index (χ0n) is 13.3. The van der Waals surface area contributed by atoms with Gasteiger partial charge in [0.1, 0.15) is 5.82 Å². The first kappa shape index (κ1) is 15.3. The Morgan fingerprint density at radius 2 is 2.05 bits per heavy atom. The number of nitrogens with zero attached hydrogens (tertiary/aromatic N) is 3. The topological polar surface area (TPSA) is 41.1 Å². The molecule has 4 nitrogen and oxygen atoms in total. The third kappa shape index (κ3) is 4.18. The molecule has 0 amide bonds. The van der Waals surface area contributed by atoms with Crippen molar-refractivity contribution in [2.45, 2.75) is 27.7 Å². The summed E-state index contributed by atoms with van der Waals surface area (Å²) in [5.74, 6) is 2.17. The van der Waals surface area contributed by atoms with Crippen molar-refractivity contribution in [1.82, 2.24) is 9.97 Å². The number of hydrogen-bond acceptors (Lipinski definition) is 4. The molecule has 1 aromatic carbocycles. The SMILES string of the molecule is CCN(c1cccc(C)c1)c1ccnc(NCC(C)C)n1. The largest absolute Gasteiger partial charge is 0.354 e. The van der Waals surface area contributed by atoms with Crippen LogP contribution in [0.15, 0.2) is 36.5 Å². The van der Waals surface area contributed by atoms with Gasteiger partial charge >= 0.3 is 0 Å². The third-order valence-corrected chi connectivity index (χ3v) is 3.22. The zero-order chi connectivity index (χ0) is 15.2. The van der Waals surface area contributed by atoms with Crippen molar-refractivity contribution in [3.05, 3.63) is 42.1 Å². The standard InChI is InChI=1S/C17H24N4/c1-5-21(15-8-6-7-14(4)11-15)16-9-10-18-17(20-16)19-12-13(2)3/h6-11,13H,5,12H2,1-4H3,(H,18,19,20). The lowest BCUT2D eigenvalue weighted by molar-refractivity contribution is 0.684. The Labute approximate surface area is 127 Å². The highest BCUT2D eigenvalue weighted by Gasteiger charge is 2.10. The average Bonchev–Trinajstić information content (AvgIpc) is 2.46. The van der Waals surface area contributed by atoms with E-state index in [0.29, 0.717) is 11.9 Å². The molecule has 0 saturated carbocycles. The summed E-state index contributed by atoms with van der Waals surface area (Å²) in [6, 6.07) is 10.4. The third-order valence-electron chi connectivity index (χ3n) is 3.22. The number of rotatable bonds is 6. The Hall–Kier alpha value is -2.10. The van der Waals surface area contributed by atoms with Crippen LogP contribution in [0.3, 0.4) is 0 Å². The zero-order valence-corrected chi connectivity index (χ0v) is 13.3. The van der Waals surface area contributed by atoms with Crippen molar-refractivity contribution in [1.29, 1.82) is 0 Å². The van der Waals surface area contributed by atoms with E-state index in [1.54, 1.807) is 0 Å².